The van der Waals surface area contributed by atoms with E-state index in [0.717, 1.165) is 47.3 Å². The summed E-state index contributed by atoms with van der Waals surface area (Å²) in [6, 6.07) is 0. The van der Waals surface area contributed by atoms with Gasteiger partial charge in [0.1, 0.15) is 0 Å². The van der Waals surface area contributed by atoms with Gasteiger partial charge in [-0.15, -0.1) is 13.2 Å². The molecule has 0 amide bonds. The summed E-state index contributed by atoms with van der Waals surface area (Å²) in [5.41, 5.74) is 8.02. The largest absolute Gasteiger partial charge is 0.448 e. The van der Waals surface area contributed by atoms with Crippen LogP contribution in [-0.4, -0.2) is 16.6 Å². The van der Waals surface area contributed by atoms with Crippen LogP contribution < -0.4 is 0 Å². The van der Waals surface area contributed by atoms with E-state index in [-0.39, 0.29) is 0 Å². The molecule has 0 aliphatic heterocycles. The van der Waals surface area contributed by atoms with Gasteiger partial charge in [0.25, 0.3) is 0 Å². The van der Waals surface area contributed by atoms with Crippen LogP contribution in [-0.2, 0) is 4.12 Å². The van der Waals surface area contributed by atoms with Crippen molar-refractivity contribution in [1.29, 1.82) is 0 Å². The van der Waals surface area contributed by atoms with Crippen LogP contribution in [0, 0.1) is 71.0 Å². The third-order valence-corrected chi connectivity index (χ3v) is 26.8. The van der Waals surface area contributed by atoms with Gasteiger partial charge in [-0.25, -0.2) is 0 Å². The van der Waals surface area contributed by atoms with Gasteiger partial charge in [0.05, 0.1) is 0 Å². The molecule has 4 saturated carbocycles. The van der Waals surface area contributed by atoms with Crippen molar-refractivity contribution in [3.8, 4) is 0 Å². The van der Waals surface area contributed by atoms with Gasteiger partial charge in [-0.05, 0) is 145 Å². The molecule has 0 N–H and O–H groups in total. The predicted octanol–water partition coefficient (Wildman–Crippen LogP) is 14.2. The first-order valence-electron chi connectivity index (χ1n) is 21.1. The van der Waals surface area contributed by atoms with E-state index in [1.165, 1.54) is 77.0 Å². The first-order valence-corrected chi connectivity index (χ1v) is 25.4. The molecule has 12 unspecified atom stereocenters. The Bertz CT molecular complexity index is 857. The van der Waals surface area contributed by atoms with Crippen molar-refractivity contribution >= 4 is 16.6 Å². The van der Waals surface area contributed by atoms with Gasteiger partial charge >= 0.3 is 0 Å². The molecule has 4 fully saturated rings. The molecule has 4 aliphatic rings. The summed E-state index contributed by atoms with van der Waals surface area (Å²) >= 11 is 0. The lowest BCUT2D eigenvalue weighted by Gasteiger charge is -2.61. The number of rotatable bonds is 12. The quantitative estimate of drug-likeness (QED) is 0.186. The summed E-state index contributed by atoms with van der Waals surface area (Å²) in [6.45, 7) is 40.7. The van der Waals surface area contributed by atoms with Crippen molar-refractivity contribution in [2.75, 3.05) is 0 Å². The first kappa shape index (κ1) is 39.7. The molecule has 0 saturated heterocycles. The van der Waals surface area contributed by atoms with Gasteiger partial charge < -0.3 is 4.12 Å². The molecule has 3 heteroatoms. The zero-order valence-corrected chi connectivity index (χ0v) is 35.7. The van der Waals surface area contributed by atoms with E-state index in [4.69, 9.17) is 17.3 Å². The molecular weight excluding hydrogens is 601 g/mol. The highest BCUT2D eigenvalue weighted by molar-refractivity contribution is 6.94. The highest BCUT2D eigenvalue weighted by Gasteiger charge is 2.63. The van der Waals surface area contributed by atoms with Crippen molar-refractivity contribution in [2.24, 2.45) is 71.0 Å². The van der Waals surface area contributed by atoms with E-state index in [9.17, 15) is 0 Å². The number of hydrogen-bond donors (Lipinski definition) is 0. The van der Waals surface area contributed by atoms with E-state index in [2.05, 4.69) is 94.5 Å². The molecule has 0 aromatic carbocycles. The maximum atomic E-state index is 9.04. The topological polar surface area (TPSA) is 9.23 Å². The Morgan fingerprint density at radius 1 is 0.426 bits per heavy atom. The van der Waals surface area contributed by atoms with Crippen molar-refractivity contribution in [1.82, 2.24) is 0 Å². The molecule has 0 radical (unpaired) electrons. The molecule has 0 spiro atoms. The fourth-order valence-electron chi connectivity index (χ4n) is 12.7. The Kier molecular flexibility index (Phi) is 13.9. The lowest BCUT2D eigenvalue weighted by Crippen LogP contribution is -2.65. The summed E-state index contributed by atoms with van der Waals surface area (Å²) in [6.07, 6.45) is 16.6. The Labute approximate surface area is 297 Å². The molecule has 0 aromatic rings. The fraction of sp³-hybridized carbons (Fsp3) is 0.909. The van der Waals surface area contributed by atoms with E-state index < -0.39 is 16.6 Å². The van der Waals surface area contributed by atoms with E-state index in [1.807, 2.05) is 0 Å². The summed E-state index contributed by atoms with van der Waals surface area (Å²) in [4.78, 5) is 0. The lowest BCUT2D eigenvalue weighted by molar-refractivity contribution is 0.166. The van der Waals surface area contributed by atoms with Crippen LogP contribution in [0.2, 0.25) is 22.2 Å². The minimum absolute atomic E-state index is 0.684. The average molecular weight is 683 g/mol. The van der Waals surface area contributed by atoms with Crippen molar-refractivity contribution in [2.45, 2.75) is 182 Å². The molecular formula is C44H82OSi2. The van der Waals surface area contributed by atoms with Crippen molar-refractivity contribution < 1.29 is 4.12 Å². The Morgan fingerprint density at radius 3 is 0.809 bits per heavy atom. The minimum atomic E-state index is -2.55. The maximum absolute atomic E-state index is 9.04. The normalized spacial score (nSPS) is 41.5. The molecule has 0 heterocycles. The van der Waals surface area contributed by atoms with Crippen LogP contribution in [0.15, 0.2) is 24.6 Å². The maximum Gasteiger partial charge on any atom is 0.211 e. The van der Waals surface area contributed by atoms with Gasteiger partial charge in [0.2, 0.25) is 16.6 Å². The summed E-state index contributed by atoms with van der Waals surface area (Å²) < 4.78 is 9.04. The first-order chi connectivity index (χ1) is 22.1. The van der Waals surface area contributed by atoms with Gasteiger partial charge in [-0.1, -0.05) is 120 Å². The Balaban J connectivity index is 2.04. The molecule has 47 heavy (non-hydrogen) atoms. The molecule has 12 atom stereocenters. The fourth-order valence-corrected chi connectivity index (χ4v) is 28.5. The second-order valence-electron chi connectivity index (χ2n) is 19.9. The van der Waals surface area contributed by atoms with Gasteiger partial charge in [0, 0.05) is 0 Å². The second-order valence-corrected chi connectivity index (χ2v) is 28.0. The van der Waals surface area contributed by atoms with Crippen LogP contribution in [0.25, 0.3) is 0 Å². The molecule has 4 aliphatic carbocycles. The molecule has 4 rings (SSSR count). The summed E-state index contributed by atoms with van der Waals surface area (Å²) in [5.74, 6) is 9.03. The van der Waals surface area contributed by atoms with Crippen LogP contribution in [0.1, 0.15) is 160 Å². The van der Waals surface area contributed by atoms with Crippen LogP contribution >= 0.6 is 0 Å². The lowest BCUT2D eigenvalue weighted by atomic mass is 9.76. The Morgan fingerprint density at radius 2 is 0.638 bits per heavy atom. The highest BCUT2D eigenvalue weighted by Crippen LogP contribution is 2.63. The van der Waals surface area contributed by atoms with Crippen LogP contribution in [0.4, 0.5) is 0 Å². The van der Waals surface area contributed by atoms with E-state index in [0.29, 0.717) is 45.8 Å². The number of hydrogen-bond acceptors (Lipinski definition) is 1. The third kappa shape index (κ3) is 8.18. The monoisotopic (exact) mass is 683 g/mol. The molecule has 1 nitrogen and oxygen atoms in total. The zero-order valence-electron chi connectivity index (χ0n) is 33.7. The second kappa shape index (κ2) is 16.5. The van der Waals surface area contributed by atoms with Crippen LogP contribution in [0.3, 0.4) is 0 Å². The SMILES string of the molecule is C=C[Si](O[Si](C=C)(C1CC(C)CCC1C(C)C)C1CC(C)CCC1C(C)C)(C1CC(C)CCC1C(C)C)C1CC(C)CCC1C(C)C. The smallest absolute Gasteiger partial charge is 0.211 e. The summed E-state index contributed by atoms with van der Waals surface area (Å²) in [7, 11) is -5.09. The van der Waals surface area contributed by atoms with E-state index in [1.54, 1.807) is 0 Å². The third-order valence-electron chi connectivity index (χ3n) is 15.4. The molecule has 272 valence electrons. The van der Waals surface area contributed by atoms with Gasteiger partial charge in [-0.2, -0.15) is 0 Å². The Hall–Kier alpha value is -0.126. The standard InChI is InChI=1S/C44H82OSi2/c1-15-46(41-25-33(11)17-21-37(41)29(3)4,42-26-34(12)18-22-38(42)30(5)6)45-47(16-2,43-27-35(13)19-23-39(43)31(7)8)44-28-36(14)20-24-40(44)32(9)10/h15-16,29-44H,1-2,17-28H2,3-14H3. The van der Waals surface area contributed by atoms with E-state index >= 15 is 0 Å². The average Bonchev–Trinajstić information content (AvgIpc) is 3.01. The molecule has 0 bridgehead atoms. The minimum Gasteiger partial charge on any atom is -0.448 e. The predicted molar refractivity (Wildman–Crippen MR) is 213 cm³/mol. The van der Waals surface area contributed by atoms with Crippen LogP contribution in [0.5, 0.6) is 0 Å². The van der Waals surface area contributed by atoms with Gasteiger partial charge in [-0.3, -0.25) is 0 Å². The van der Waals surface area contributed by atoms with Crippen molar-refractivity contribution in [3.63, 3.8) is 0 Å². The summed E-state index contributed by atoms with van der Waals surface area (Å²) in [5, 5.41) is 0. The molecule has 0 aromatic heterocycles. The zero-order chi connectivity index (χ0) is 34.8. The van der Waals surface area contributed by atoms with Gasteiger partial charge in [0.15, 0.2) is 0 Å². The highest BCUT2D eigenvalue weighted by atomic mass is 28.4. The van der Waals surface area contributed by atoms with Crippen molar-refractivity contribution in [3.05, 3.63) is 24.6 Å².